The summed E-state index contributed by atoms with van der Waals surface area (Å²) in [5.41, 5.74) is 1.57. The van der Waals surface area contributed by atoms with Crippen LogP contribution in [0, 0.1) is 11.8 Å². The highest BCUT2D eigenvalue weighted by Crippen LogP contribution is 2.39. The third-order valence-electron chi connectivity index (χ3n) is 3.33. The summed E-state index contributed by atoms with van der Waals surface area (Å²) in [7, 11) is 1.49. The lowest BCUT2D eigenvalue weighted by molar-refractivity contribution is -0.147. The van der Waals surface area contributed by atoms with Crippen molar-refractivity contribution in [3.05, 3.63) is 11.6 Å². The zero-order valence-corrected chi connectivity index (χ0v) is 8.08. The second-order valence-corrected chi connectivity index (χ2v) is 4.08. The first-order valence-electron chi connectivity index (χ1n) is 5.07. The number of methoxy groups -OCH3 is 1. The standard InChI is InChI=1S/C11H16O2/c1-13-11(12)10-6-5-8-3-2-4-9(10)7-8/h5,9-10H,2-4,6-7H2,1H3. The van der Waals surface area contributed by atoms with Crippen molar-refractivity contribution in [3.63, 3.8) is 0 Å². The summed E-state index contributed by atoms with van der Waals surface area (Å²) in [5.74, 6) is 0.706. The number of hydrogen-bond acceptors (Lipinski definition) is 2. The largest absolute Gasteiger partial charge is 0.469 e. The molecule has 0 N–H and O–H groups in total. The first-order chi connectivity index (χ1) is 6.31. The third-order valence-corrected chi connectivity index (χ3v) is 3.33. The Bertz CT molecular complexity index is 242. The normalized spacial score (nSPS) is 32.2. The van der Waals surface area contributed by atoms with Crippen molar-refractivity contribution in [1.29, 1.82) is 0 Å². The van der Waals surface area contributed by atoms with Gasteiger partial charge in [-0.15, -0.1) is 0 Å². The maximum absolute atomic E-state index is 11.4. The topological polar surface area (TPSA) is 26.3 Å². The molecule has 2 heteroatoms. The van der Waals surface area contributed by atoms with Gasteiger partial charge in [-0.05, 0) is 38.0 Å². The van der Waals surface area contributed by atoms with E-state index in [2.05, 4.69) is 6.08 Å². The van der Waals surface area contributed by atoms with Crippen molar-refractivity contribution in [1.82, 2.24) is 0 Å². The van der Waals surface area contributed by atoms with Crippen LogP contribution in [-0.2, 0) is 9.53 Å². The van der Waals surface area contributed by atoms with E-state index in [9.17, 15) is 4.79 Å². The Morgan fingerprint density at radius 1 is 1.62 bits per heavy atom. The van der Waals surface area contributed by atoms with Crippen LogP contribution in [0.2, 0.25) is 0 Å². The first-order valence-corrected chi connectivity index (χ1v) is 5.07. The Labute approximate surface area is 79.0 Å². The van der Waals surface area contributed by atoms with E-state index in [0.29, 0.717) is 5.92 Å². The minimum atomic E-state index is -0.0119. The first kappa shape index (κ1) is 8.79. The van der Waals surface area contributed by atoms with Crippen LogP contribution < -0.4 is 0 Å². The Morgan fingerprint density at radius 2 is 2.46 bits per heavy atom. The number of allylic oxidation sites excluding steroid dienone is 2. The summed E-state index contributed by atoms with van der Waals surface area (Å²) in [6.07, 6.45) is 8.01. The maximum Gasteiger partial charge on any atom is 0.309 e. The fourth-order valence-corrected chi connectivity index (χ4v) is 2.59. The van der Waals surface area contributed by atoms with E-state index < -0.39 is 0 Å². The fraction of sp³-hybridized carbons (Fsp3) is 0.727. The molecule has 0 aromatic heterocycles. The number of carbonyl (C=O) groups excluding carboxylic acids is 1. The molecule has 0 radical (unpaired) electrons. The van der Waals surface area contributed by atoms with Crippen LogP contribution in [0.25, 0.3) is 0 Å². The van der Waals surface area contributed by atoms with E-state index in [0.717, 1.165) is 12.8 Å². The van der Waals surface area contributed by atoms with Gasteiger partial charge in [-0.1, -0.05) is 11.6 Å². The van der Waals surface area contributed by atoms with Crippen LogP contribution in [0.1, 0.15) is 32.1 Å². The van der Waals surface area contributed by atoms with Gasteiger partial charge in [-0.3, -0.25) is 4.79 Å². The number of rotatable bonds is 1. The molecule has 1 fully saturated rings. The molecule has 13 heavy (non-hydrogen) atoms. The molecule has 2 rings (SSSR count). The zero-order valence-electron chi connectivity index (χ0n) is 8.08. The van der Waals surface area contributed by atoms with Crippen molar-refractivity contribution >= 4 is 5.97 Å². The Kier molecular flexibility index (Phi) is 2.38. The SMILES string of the molecule is COC(=O)C1CC=C2CCCC1C2. The van der Waals surface area contributed by atoms with Crippen LogP contribution in [0.4, 0.5) is 0 Å². The summed E-state index contributed by atoms with van der Waals surface area (Å²) in [4.78, 5) is 11.4. The average Bonchev–Trinajstić information content (AvgIpc) is 2.18. The summed E-state index contributed by atoms with van der Waals surface area (Å²) >= 11 is 0. The summed E-state index contributed by atoms with van der Waals surface area (Å²) < 4.78 is 4.81. The molecule has 0 amide bonds. The molecule has 2 nitrogen and oxygen atoms in total. The van der Waals surface area contributed by atoms with Gasteiger partial charge in [0.25, 0.3) is 0 Å². The molecule has 2 bridgehead atoms. The van der Waals surface area contributed by atoms with Gasteiger partial charge in [-0.2, -0.15) is 0 Å². The van der Waals surface area contributed by atoms with Gasteiger partial charge in [0, 0.05) is 0 Å². The van der Waals surface area contributed by atoms with Gasteiger partial charge in [-0.25, -0.2) is 0 Å². The van der Waals surface area contributed by atoms with Crippen molar-refractivity contribution in [3.8, 4) is 0 Å². The summed E-state index contributed by atoms with van der Waals surface area (Å²) in [6, 6.07) is 0. The summed E-state index contributed by atoms with van der Waals surface area (Å²) in [5, 5.41) is 0. The molecule has 0 aliphatic heterocycles. The van der Waals surface area contributed by atoms with E-state index in [1.165, 1.54) is 26.4 Å². The quantitative estimate of drug-likeness (QED) is 0.457. The molecular weight excluding hydrogens is 164 g/mol. The van der Waals surface area contributed by atoms with Crippen LogP contribution in [0.3, 0.4) is 0 Å². The lowest BCUT2D eigenvalue weighted by atomic mass is 9.72. The average molecular weight is 180 g/mol. The second kappa shape index (κ2) is 3.52. The fourth-order valence-electron chi connectivity index (χ4n) is 2.59. The number of esters is 1. The van der Waals surface area contributed by atoms with Crippen molar-refractivity contribution in [2.45, 2.75) is 32.1 Å². The van der Waals surface area contributed by atoms with E-state index in [4.69, 9.17) is 4.74 Å². The molecule has 2 atom stereocenters. The van der Waals surface area contributed by atoms with E-state index in [-0.39, 0.29) is 11.9 Å². The Hall–Kier alpha value is -0.790. The second-order valence-electron chi connectivity index (χ2n) is 4.08. The van der Waals surface area contributed by atoms with Gasteiger partial charge in [0.1, 0.15) is 0 Å². The van der Waals surface area contributed by atoms with Gasteiger partial charge >= 0.3 is 5.97 Å². The highest BCUT2D eigenvalue weighted by molar-refractivity contribution is 5.73. The minimum Gasteiger partial charge on any atom is -0.469 e. The number of hydrogen-bond donors (Lipinski definition) is 0. The molecule has 0 aromatic rings. The van der Waals surface area contributed by atoms with Crippen molar-refractivity contribution < 1.29 is 9.53 Å². The predicted molar refractivity (Wildman–Crippen MR) is 50.2 cm³/mol. The molecular formula is C11H16O2. The number of carbonyl (C=O) groups is 1. The van der Waals surface area contributed by atoms with Crippen LogP contribution in [0.15, 0.2) is 11.6 Å². The van der Waals surface area contributed by atoms with Gasteiger partial charge in [0.2, 0.25) is 0 Å². The summed E-state index contributed by atoms with van der Waals surface area (Å²) in [6.45, 7) is 0. The maximum atomic E-state index is 11.4. The molecule has 72 valence electrons. The highest BCUT2D eigenvalue weighted by atomic mass is 16.5. The molecule has 0 spiro atoms. The lowest BCUT2D eigenvalue weighted by Crippen LogP contribution is -2.29. The number of ether oxygens (including phenoxy) is 1. The Balaban J connectivity index is 2.10. The van der Waals surface area contributed by atoms with Gasteiger partial charge in [0.05, 0.1) is 13.0 Å². The third kappa shape index (κ3) is 1.62. The molecule has 2 aliphatic rings. The van der Waals surface area contributed by atoms with Crippen molar-refractivity contribution in [2.24, 2.45) is 11.8 Å². The molecule has 2 aliphatic carbocycles. The van der Waals surface area contributed by atoms with E-state index in [1.54, 1.807) is 5.57 Å². The molecule has 0 saturated heterocycles. The highest BCUT2D eigenvalue weighted by Gasteiger charge is 2.33. The monoisotopic (exact) mass is 180 g/mol. The molecule has 0 aromatic carbocycles. The molecule has 0 heterocycles. The minimum absolute atomic E-state index is 0.0119. The predicted octanol–water partition coefficient (Wildman–Crippen LogP) is 2.30. The lowest BCUT2D eigenvalue weighted by Gasteiger charge is -2.33. The van der Waals surface area contributed by atoms with Crippen LogP contribution in [-0.4, -0.2) is 13.1 Å². The van der Waals surface area contributed by atoms with Crippen LogP contribution in [0.5, 0.6) is 0 Å². The van der Waals surface area contributed by atoms with Gasteiger partial charge in [0.15, 0.2) is 0 Å². The van der Waals surface area contributed by atoms with Gasteiger partial charge < -0.3 is 4.74 Å². The Morgan fingerprint density at radius 3 is 3.23 bits per heavy atom. The number of fused-ring (bicyclic) bond motifs is 2. The van der Waals surface area contributed by atoms with Crippen molar-refractivity contribution in [2.75, 3.05) is 7.11 Å². The van der Waals surface area contributed by atoms with E-state index >= 15 is 0 Å². The zero-order chi connectivity index (χ0) is 9.26. The smallest absolute Gasteiger partial charge is 0.309 e. The van der Waals surface area contributed by atoms with E-state index in [1.807, 2.05) is 0 Å². The van der Waals surface area contributed by atoms with Crippen LogP contribution >= 0.6 is 0 Å². The molecule has 2 unspecified atom stereocenters. The molecule has 1 saturated carbocycles.